The normalized spacial score (nSPS) is 22.9. The Bertz CT molecular complexity index is 493. The number of hydrogen-bond acceptors (Lipinski definition) is 3. The molecule has 0 bridgehead atoms. The average molecular weight is 277 g/mol. The summed E-state index contributed by atoms with van der Waals surface area (Å²) < 4.78 is 5.71. The molecule has 4 nitrogen and oxygen atoms in total. The summed E-state index contributed by atoms with van der Waals surface area (Å²) in [5.74, 6) is 0.631. The van der Waals surface area contributed by atoms with Gasteiger partial charge in [-0.25, -0.2) is 0 Å². The molecule has 0 radical (unpaired) electrons. The molecule has 1 aliphatic rings. The molecule has 1 aromatic carbocycles. The van der Waals surface area contributed by atoms with Crippen molar-refractivity contribution in [2.24, 2.45) is 5.41 Å². The maximum atomic E-state index is 12.2. The SMILES string of the molecule is CC1c2ccccc2OC1C(=O)NCC(O)C(C)(C)C. The number of amides is 1. The lowest BCUT2D eigenvalue weighted by Crippen LogP contribution is -2.45. The number of nitrogens with one attached hydrogen (secondary N) is 1. The third-order valence-corrected chi connectivity index (χ3v) is 3.85. The molecule has 0 spiro atoms. The number of rotatable bonds is 3. The van der Waals surface area contributed by atoms with E-state index in [1.54, 1.807) is 0 Å². The number of ether oxygens (including phenoxy) is 1. The van der Waals surface area contributed by atoms with E-state index < -0.39 is 12.2 Å². The quantitative estimate of drug-likeness (QED) is 0.889. The predicted molar refractivity (Wildman–Crippen MR) is 77.7 cm³/mol. The van der Waals surface area contributed by atoms with Crippen molar-refractivity contribution in [3.63, 3.8) is 0 Å². The van der Waals surface area contributed by atoms with Gasteiger partial charge in [-0.1, -0.05) is 45.9 Å². The molecular formula is C16H23NO3. The first-order chi connectivity index (χ1) is 9.30. The van der Waals surface area contributed by atoms with Crippen LogP contribution in [0, 0.1) is 5.41 Å². The van der Waals surface area contributed by atoms with E-state index in [0.29, 0.717) is 0 Å². The van der Waals surface area contributed by atoms with Crippen molar-refractivity contribution < 1.29 is 14.6 Å². The van der Waals surface area contributed by atoms with Crippen LogP contribution in [0.3, 0.4) is 0 Å². The van der Waals surface area contributed by atoms with E-state index in [0.717, 1.165) is 11.3 Å². The Morgan fingerprint density at radius 2 is 2.05 bits per heavy atom. The second kappa shape index (κ2) is 5.44. The first-order valence-electron chi connectivity index (χ1n) is 7.02. The number of para-hydroxylation sites is 1. The summed E-state index contributed by atoms with van der Waals surface area (Å²) in [7, 11) is 0. The first-order valence-corrected chi connectivity index (χ1v) is 7.02. The number of fused-ring (bicyclic) bond motifs is 1. The van der Waals surface area contributed by atoms with E-state index in [9.17, 15) is 9.90 Å². The zero-order valence-electron chi connectivity index (χ0n) is 12.5. The minimum absolute atomic E-state index is 0.0259. The monoisotopic (exact) mass is 277 g/mol. The van der Waals surface area contributed by atoms with Gasteiger partial charge in [0.05, 0.1) is 6.10 Å². The molecule has 110 valence electrons. The molecule has 3 atom stereocenters. The molecule has 0 aliphatic carbocycles. The van der Waals surface area contributed by atoms with E-state index >= 15 is 0 Å². The summed E-state index contributed by atoms with van der Waals surface area (Å²) >= 11 is 0. The number of benzene rings is 1. The van der Waals surface area contributed by atoms with Gasteiger partial charge < -0.3 is 15.2 Å². The van der Waals surface area contributed by atoms with Gasteiger partial charge in [0.25, 0.3) is 5.91 Å². The molecule has 1 amide bonds. The van der Waals surface area contributed by atoms with Crippen LogP contribution < -0.4 is 10.1 Å². The van der Waals surface area contributed by atoms with Crippen LogP contribution in [-0.2, 0) is 4.79 Å². The molecule has 2 rings (SSSR count). The van der Waals surface area contributed by atoms with Crippen molar-refractivity contribution in [2.75, 3.05) is 6.54 Å². The number of hydrogen-bond donors (Lipinski definition) is 2. The lowest BCUT2D eigenvalue weighted by Gasteiger charge is -2.26. The summed E-state index contributed by atoms with van der Waals surface area (Å²) in [6, 6.07) is 7.71. The van der Waals surface area contributed by atoms with Crippen molar-refractivity contribution in [3.8, 4) is 5.75 Å². The van der Waals surface area contributed by atoms with Crippen LogP contribution in [0.15, 0.2) is 24.3 Å². The molecule has 20 heavy (non-hydrogen) atoms. The Morgan fingerprint density at radius 1 is 1.40 bits per heavy atom. The van der Waals surface area contributed by atoms with Gasteiger partial charge in [0.15, 0.2) is 6.10 Å². The molecular weight excluding hydrogens is 254 g/mol. The Morgan fingerprint density at radius 3 is 2.65 bits per heavy atom. The number of aliphatic hydroxyl groups is 1. The van der Waals surface area contributed by atoms with Crippen LogP contribution in [0.2, 0.25) is 0 Å². The molecule has 0 fully saturated rings. The molecule has 1 aromatic rings. The van der Waals surface area contributed by atoms with E-state index in [2.05, 4.69) is 5.32 Å². The highest BCUT2D eigenvalue weighted by molar-refractivity contribution is 5.83. The maximum absolute atomic E-state index is 12.2. The minimum Gasteiger partial charge on any atom is -0.480 e. The summed E-state index contributed by atoms with van der Waals surface area (Å²) in [6.07, 6.45) is -1.09. The van der Waals surface area contributed by atoms with Gasteiger partial charge in [0.2, 0.25) is 0 Å². The highest BCUT2D eigenvalue weighted by atomic mass is 16.5. The number of aliphatic hydroxyl groups excluding tert-OH is 1. The Kier molecular flexibility index (Phi) is 4.04. The third kappa shape index (κ3) is 2.96. The zero-order valence-corrected chi connectivity index (χ0v) is 12.5. The van der Waals surface area contributed by atoms with E-state index in [1.807, 2.05) is 52.0 Å². The maximum Gasteiger partial charge on any atom is 0.261 e. The largest absolute Gasteiger partial charge is 0.480 e. The number of carbonyl (C=O) groups is 1. The molecule has 0 saturated carbocycles. The van der Waals surface area contributed by atoms with Crippen LogP contribution in [0.25, 0.3) is 0 Å². The molecule has 4 heteroatoms. The molecule has 1 heterocycles. The molecule has 1 aliphatic heterocycles. The van der Waals surface area contributed by atoms with Gasteiger partial charge in [-0.3, -0.25) is 4.79 Å². The van der Waals surface area contributed by atoms with E-state index in [4.69, 9.17) is 4.74 Å². The summed E-state index contributed by atoms with van der Waals surface area (Å²) in [6.45, 7) is 8.04. The van der Waals surface area contributed by atoms with Crippen molar-refractivity contribution >= 4 is 5.91 Å². The average Bonchev–Trinajstić information content (AvgIpc) is 2.72. The van der Waals surface area contributed by atoms with Crippen molar-refractivity contribution in [1.29, 1.82) is 0 Å². The number of carbonyl (C=O) groups excluding carboxylic acids is 1. The lowest BCUT2D eigenvalue weighted by atomic mass is 9.89. The van der Waals surface area contributed by atoms with Crippen molar-refractivity contribution in [1.82, 2.24) is 5.32 Å². The van der Waals surface area contributed by atoms with Crippen molar-refractivity contribution in [3.05, 3.63) is 29.8 Å². The Hall–Kier alpha value is -1.55. The molecule has 0 aromatic heterocycles. The summed E-state index contributed by atoms with van der Waals surface area (Å²) in [4.78, 5) is 12.2. The van der Waals surface area contributed by atoms with Crippen LogP contribution in [0.1, 0.15) is 39.2 Å². The van der Waals surface area contributed by atoms with Gasteiger partial charge in [-0.15, -0.1) is 0 Å². The smallest absolute Gasteiger partial charge is 0.261 e. The lowest BCUT2D eigenvalue weighted by molar-refractivity contribution is -0.128. The van der Waals surface area contributed by atoms with Crippen molar-refractivity contribution in [2.45, 2.75) is 45.8 Å². The molecule has 0 saturated heterocycles. The topological polar surface area (TPSA) is 58.6 Å². The third-order valence-electron chi connectivity index (χ3n) is 3.85. The first kappa shape index (κ1) is 14.9. The Balaban J connectivity index is 1.96. The van der Waals surface area contributed by atoms with Gasteiger partial charge in [0.1, 0.15) is 5.75 Å². The van der Waals surface area contributed by atoms with E-state index in [1.165, 1.54) is 0 Å². The predicted octanol–water partition coefficient (Wildman–Crippen LogP) is 2.07. The standard InChI is InChI=1S/C16H23NO3/c1-10-11-7-5-6-8-12(11)20-14(10)15(19)17-9-13(18)16(2,3)4/h5-8,10,13-14,18H,9H2,1-4H3,(H,17,19). The van der Waals surface area contributed by atoms with Crippen LogP contribution >= 0.6 is 0 Å². The molecule has 3 unspecified atom stereocenters. The summed E-state index contributed by atoms with van der Waals surface area (Å²) in [5.41, 5.74) is 0.808. The van der Waals surface area contributed by atoms with E-state index in [-0.39, 0.29) is 23.8 Å². The van der Waals surface area contributed by atoms with Gasteiger partial charge in [-0.05, 0) is 11.5 Å². The fraction of sp³-hybridized carbons (Fsp3) is 0.562. The minimum atomic E-state index is -0.578. The second-order valence-corrected chi connectivity index (χ2v) is 6.49. The Labute approximate surface area is 120 Å². The van der Waals surface area contributed by atoms with Crippen LogP contribution in [-0.4, -0.2) is 29.8 Å². The zero-order chi connectivity index (χ0) is 14.9. The van der Waals surface area contributed by atoms with Gasteiger partial charge in [-0.2, -0.15) is 0 Å². The highest BCUT2D eigenvalue weighted by Gasteiger charge is 2.36. The highest BCUT2D eigenvalue weighted by Crippen LogP contribution is 2.37. The fourth-order valence-electron chi connectivity index (χ4n) is 2.25. The second-order valence-electron chi connectivity index (χ2n) is 6.49. The fourth-order valence-corrected chi connectivity index (χ4v) is 2.25. The van der Waals surface area contributed by atoms with Crippen LogP contribution in [0.4, 0.5) is 0 Å². The van der Waals surface area contributed by atoms with Gasteiger partial charge >= 0.3 is 0 Å². The summed E-state index contributed by atoms with van der Waals surface area (Å²) in [5, 5.41) is 12.7. The van der Waals surface area contributed by atoms with Gasteiger partial charge in [0, 0.05) is 18.0 Å². The molecule has 2 N–H and O–H groups in total. The van der Waals surface area contributed by atoms with Crippen LogP contribution in [0.5, 0.6) is 5.75 Å².